The highest BCUT2D eigenvalue weighted by atomic mass is 16.5. The number of hydrogen-bond acceptors (Lipinski definition) is 3. The van der Waals surface area contributed by atoms with Crippen LogP contribution < -0.4 is 10.6 Å². The van der Waals surface area contributed by atoms with Gasteiger partial charge >= 0.3 is 0 Å². The molecule has 0 atom stereocenters. The van der Waals surface area contributed by atoms with Crippen molar-refractivity contribution in [3.63, 3.8) is 0 Å². The maximum atomic E-state index is 11.8. The second-order valence-electron chi connectivity index (χ2n) is 8.73. The third kappa shape index (κ3) is 6.46. The lowest BCUT2D eigenvalue weighted by atomic mass is 9.83. The lowest BCUT2D eigenvalue weighted by Gasteiger charge is -2.30. The summed E-state index contributed by atoms with van der Waals surface area (Å²) in [6.45, 7) is 6.96. The zero-order valence-electron chi connectivity index (χ0n) is 18.7. The number of guanidine groups is 1. The van der Waals surface area contributed by atoms with Gasteiger partial charge in [0.05, 0.1) is 6.54 Å². The van der Waals surface area contributed by atoms with E-state index in [0.29, 0.717) is 18.4 Å². The summed E-state index contributed by atoms with van der Waals surface area (Å²) in [4.78, 5) is 18.6. The number of ether oxygens (including phenoxy) is 1. The van der Waals surface area contributed by atoms with E-state index in [9.17, 15) is 4.79 Å². The molecule has 0 spiro atoms. The van der Waals surface area contributed by atoms with Crippen LogP contribution in [0, 0.1) is 5.41 Å². The van der Waals surface area contributed by atoms with Crippen molar-refractivity contribution in [1.82, 2.24) is 15.5 Å². The zero-order valence-corrected chi connectivity index (χ0v) is 18.7. The molecule has 6 heteroatoms. The van der Waals surface area contributed by atoms with Crippen molar-refractivity contribution in [3.05, 3.63) is 35.4 Å². The van der Waals surface area contributed by atoms with Crippen LogP contribution in [-0.2, 0) is 22.6 Å². The number of nitrogens with one attached hydrogen (secondary N) is 2. The summed E-state index contributed by atoms with van der Waals surface area (Å²) < 4.78 is 5.35. The number of nitrogens with zero attached hydrogens (tertiary/aromatic N) is 2. The molecule has 1 heterocycles. The predicted octanol–water partition coefficient (Wildman–Crippen LogP) is 3.46. The minimum atomic E-state index is 0.274. The van der Waals surface area contributed by atoms with E-state index in [2.05, 4.69) is 41.8 Å². The highest BCUT2D eigenvalue weighted by molar-refractivity contribution is 5.79. The van der Waals surface area contributed by atoms with Crippen molar-refractivity contribution >= 4 is 11.9 Å². The molecular formula is C24H38N4O2. The van der Waals surface area contributed by atoms with Crippen LogP contribution >= 0.6 is 0 Å². The van der Waals surface area contributed by atoms with Gasteiger partial charge < -0.3 is 20.3 Å². The highest BCUT2D eigenvalue weighted by Gasteiger charge is 2.33. The molecule has 0 bridgehead atoms. The average Bonchev–Trinajstić information content (AvgIpc) is 3.39. The molecule has 30 heavy (non-hydrogen) atoms. The van der Waals surface area contributed by atoms with Gasteiger partial charge in [-0.1, -0.05) is 37.1 Å². The van der Waals surface area contributed by atoms with Crippen LogP contribution in [0.4, 0.5) is 0 Å². The Labute approximate surface area is 181 Å². The predicted molar refractivity (Wildman–Crippen MR) is 121 cm³/mol. The first-order chi connectivity index (χ1) is 14.6. The summed E-state index contributed by atoms with van der Waals surface area (Å²) in [5, 5.41) is 6.96. The zero-order chi connectivity index (χ0) is 21.2. The van der Waals surface area contributed by atoms with Crippen molar-refractivity contribution in [2.45, 2.75) is 65.0 Å². The van der Waals surface area contributed by atoms with Gasteiger partial charge in [-0.15, -0.1) is 0 Å². The Balaban J connectivity index is 1.54. The molecule has 0 unspecified atom stereocenters. The maximum absolute atomic E-state index is 11.8. The van der Waals surface area contributed by atoms with Gasteiger partial charge in [-0.05, 0) is 49.1 Å². The van der Waals surface area contributed by atoms with Gasteiger partial charge in [0.1, 0.15) is 0 Å². The topological polar surface area (TPSA) is 66.0 Å². The number of carbonyl (C=O) groups is 1. The van der Waals surface area contributed by atoms with Crippen LogP contribution in [0.15, 0.2) is 29.3 Å². The van der Waals surface area contributed by atoms with Crippen molar-refractivity contribution in [3.8, 4) is 0 Å². The van der Waals surface area contributed by atoms with E-state index in [4.69, 9.17) is 9.73 Å². The van der Waals surface area contributed by atoms with Gasteiger partial charge in [0.25, 0.3) is 0 Å². The van der Waals surface area contributed by atoms with Crippen molar-refractivity contribution in [2.75, 3.05) is 33.4 Å². The Bertz CT molecular complexity index is 696. The molecule has 166 valence electrons. The normalized spacial score (nSPS) is 18.8. The molecule has 2 aliphatic rings. The van der Waals surface area contributed by atoms with E-state index in [1.165, 1.54) is 36.8 Å². The SMILES string of the molecule is CCNC(=NCc1ccc(CN2CCCC2=O)cc1)NCC1(CCOC)CCCC1. The molecule has 0 radical (unpaired) electrons. The van der Waals surface area contributed by atoms with Gasteiger partial charge in [-0.25, -0.2) is 4.99 Å². The van der Waals surface area contributed by atoms with Crippen molar-refractivity contribution in [2.24, 2.45) is 10.4 Å². The molecule has 3 rings (SSSR count). The molecule has 1 aromatic rings. The van der Waals surface area contributed by atoms with E-state index in [1.807, 2.05) is 4.90 Å². The Morgan fingerprint density at radius 1 is 1.13 bits per heavy atom. The summed E-state index contributed by atoms with van der Waals surface area (Å²) in [5.41, 5.74) is 2.70. The smallest absolute Gasteiger partial charge is 0.222 e. The number of benzene rings is 1. The van der Waals surface area contributed by atoms with E-state index in [0.717, 1.165) is 51.6 Å². The van der Waals surface area contributed by atoms with Crippen LogP contribution in [0.25, 0.3) is 0 Å². The van der Waals surface area contributed by atoms with Crippen molar-refractivity contribution < 1.29 is 9.53 Å². The Morgan fingerprint density at radius 3 is 2.50 bits per heavy atom. The molecule has 1 saturated carbocycles. The maximum Gasteiger partial charge on any atom is 0.222 e. The van der Waals surface area contributed by atoms with Gasteiger partial charge in [0, 0.05) is 46.3 Å². The van der Waals surface area contributed by atoms with E-state index in [1.54, 1.807) is 7.11 Å². The number of likely N-dealkylation sites (tertiary alicyclic amines) is 1. The van der Waals surface area contributed by atoms with Crippen LogP contribution in [0.1, 0.15) is 63.0 Å². The fourth-order valence-electron chi connectivity index (χ4n) is 4.58. The van der Waals surface area contributed by atoms with Crippen LogP contribution in [0.2, 0.25) is 0 Å². The monoisotopic (exact) mass is 414 g/mol. The van der Waals surface area contributed by atoms with Gasteiger partial charge in [-0.3, -0.25) is 4.79 Å². The second-order valence-corrected chi connectivity index (χ2v) is 8.73. The van der Waals surface area contributed by atoms with Gasteiger partial charge in [0.2, 0.25) is 5.91 Å². The quantitative estimate of drug-likeness (QED) is 0.455. The number of methoxy groups -OCH3 is 1. The Kier molecular flexibility index (Phi) is 8.55. The molecule has 1 aliphatic carbocycles. The fourth-order valence-corrected chi connectivity index (χ4v) is 4.58. The van der Waals surface area contributed by atoms with E-state index < -0.39 is 0 Å². The first kappa shape index (κ1) is 22.6. The van der Waals surface area contributed by atoms with Gasteiger partial charge in [-0.2, -0.15) is 0 Å². The standard InChI is InChI=1S/C24H38N4O2/c1-3-25-23(27-19-24(14-16-30-2)12-4-5-13-24)26-17-20-8-10-21(11-9-20)18-28-15-6-7-22(28)29/h8-11H,3-7,12-19H2,1-2H3,(H2,25,26,27). The minimum Gasteiger partial charge on any atom is -0.385 e. The number of aliphatic imine (C=N–C) groups is 1. The fraction of sp³-hybridized carbons (Fsp3) is 0.667. The average molecular weight is 415 g/mol. The summed E-state index contributed by atoms with van der Waals surface area (Å²) in [6, 6.07) is 8.49. The summed E-state index contributed by atoms with van der Waals surface area (Å²) in [7, 11) is 1.79. The number of amides is 1. The number of hydrogen-bond donors (Lipinski definition) is 2. The molecule has 0 aromatic heterocycles. The molecule has 1 aliphatic heterocycles. The number of carbonyl (C=O) groups excluding carboxylic acids is 1. The van der Waals surface area contributed by atoms with Crippen LogP contribution in [0.5, 0.6) is 0 Å². The molecule has 6 nitrogen and oxygen atoms in total. The lowest BCUT2D eigenvalue weighted by molar-refractivity contribution is -0.128. The second kappa shape index (κ2) is 11.3. The summed E-state index contributed by atoms with van der Waals surface area (Å²) in [5.74, 6) is 1.16. The largest absolute Gasteiger partial charge is 0.385 e. The molecule has 1 amide bonds. The molecule has 2 N–H and O–H groups in total. The Hall–Kier alpha value is -2.08. The Morgan fingerprint density at radius 2 is 1.87 bits per heavy atom. The first-order valence-electron chi connectivity index (χ1n) is 11.5. The van der Waals surface area contributed by atoms with Crippen molar-refractivity contribution in [1.29, 1.82) is 0 Å². The van der Waals surface area contributed by atoms with Gasteiger partial charge in [0.15, 0.2) is 5.96 Å². The van der Waals surface area contributed by atoms with Crippen LogP contribution in [-0.4, -0.2) is 50.1 Å². The third-order valence-corrected chi connectivity index (χ3v) is 6.46. The summed E-state index contributed by atoms with van der Waals surface area (Å²) >= 11 is 0. The number of rotatable bonds is 10. The first-order valence-corrected chi connectivity index (χ1v) is 11.5. The molecular weight excluding hydrogens is 376 g/mol. The van der Waals surface area contributed by atoms with E-state index >= 15 is 0 Å². The van der Waals surface area contributed by atoms with Crippen LogP contribution in [0.3, 0.4) is 0 Å². The third-order valence-electron chi connectivity index (χ3n) is 6.46. The molecule has 2 fully saturated rings. The highest BCUT2D eigenvalue weighted by Crippen LogP contribution is 2.40. The molecule has 1 saturated heterocycles. The minimum absolute atomic E-state index is 0.274. The summed E-state index contributed by atoms with van der Waals surface area (Å²) in [6.07, 6.45) is 7.95. The molecule has 1 aromatic carbocycles. The lowest BCUT2D eigenvalue weighted by Crippen LogP contribution is -2.43. The van der Waals surface area contributed by atoms with E-state index in [-0.39, 0.29) is 5.91 Å².